The van der Waals surface area contributed by atoms with Crippen LogP contribution in [0, 0.1) is 0 Å². The summed E-state index contributed by atoms with van der Waals surface area (Å²) in [5.74, 6) is -4.11. The summed E-state index contributed by atoms with van der Waals surface area (Å²) < 4.78 is 0. The molecule has 0 saturated carbocycles. The monoisotopic (exact) mass is 306 g/mol. The SMILES string of the molecule is CC(C)=C(O)[C@](O)(NC(=O)C(N)=O)[C@@H](O)[C@H](O)[C@H](O)C=O. The minimum absolute atomic E-state index is 0.00844. The topological polar surface area (TPSA) is 190 Å². The van der Waals surface area contributed by atoms with Gasteiger partial charge < -0.3 is 41.4 Å². The average Bonchev–Trinajstić information content (AvgIpc) is 2.43. The number of aldehydes is 1. The molecule has 120 valence electrons. The molecule has 2 amide bonds. The number of nitrogens with two attached hydrogens (primary N) is 1. The van der Waals surface area contributed by atoms with Gasteiger partial charge in [0.1, 0.15) is 24.1 Å². The lowest BCUT2D eigenvalue weighted by molar-refractivity contribution is -0.171. The lowest BCUT2D eigenvalue weighted by atomic mass is 9.94. The predicted molar refractivity (Wildman–Crippen MR) is 67.4 cm³/mol. The predicted octanol–water partition coefficient (Wildman–Crippen LogP) is -3.59. The van der Waals surface area contributed by atoms with Crippen LogP contribution in [0.4, 0.5) is 0 Å². The third-order valence-electron chi connectivity index (χ3n) is 2.60. The summed E-state index contributed by atoms with van der Waals surface area (Å²) in [4.78, 5) is 32.3. The van der Waals surface area contributed by atoms with Gasteiger partial charge in [-0.3, -0.25) is 9.59 Å². The number of carbonyl (C=O) groups is 3. The van der Waals surface area contributed by atoms with Crippen molar-refractivity contribution in [2.75, 3.05) is 0 Å². The summed E-state index contributed by atoms with van der Waals surface area (Å²) in [7, 11) is 0. The van der Waals surface area contributed by atoms with E-state index in [4.69, 9.17) is 5.11 Å². The highest BCUT2D eigenvalue weighted by Gasteiger charge is 2.48. The van der Waals surface area contributed by atoms with Gasteiger partial charge in [-0.2, -0.15) is 0 Å². The van der Waals surface area contributed by atoms with Gasteiger partial charge >= 0.3 is 11.8 Å². The number of amides is 2. The van der Waals surface area contributed by atoms with Gasteiger partial charge in [0, 0.05) is 0 Å². The van der Waals surface area contributed by atoms with Crippen LogP contribution in [0.3, 0.4) is 0 Å². The molecule has 0 rings (SSSR count). The molecular formula is C11H18N2O8. The third kappa shape index (κ3) is 4.23. The first-order valence-corrected chi connectivity index (χ1v) is 5.69. The van der Waals surface area contributed by atoms with E-state index in [9.17, 15) is 34.8 Å². The summed E-state index contributed by atoms with van der Waals surface area (Å²) in [6.07, 6.45) is -6.94. The van der Waals surface area contributed by atoms with Crippen molar-refractivity contribution >= 4 is 18.1 Å². The van der Waals surface area contributed by atoms with Crippen molar-refractivity contribution in [3.05, 3.63) is 11.3 Å². The number of aliphatic hydroxyl groups excluding tert-OH is 4. The van der Waals surface area contributed by atoms with E-state index in [0.29, 0.717) is 0 Å². The highest BCUT2D eigenvalue weighted by molar-refractivity contribution is 6.34. The molecule has 0 saturated heterocycles. The van der Waals surface area contributed by atoms with E-state index in [1.165, 1.54) is 19.2 Å². The van der Waals surface area contributed by atoms with Crippen LogP contribution in [0.2, 0.25) is 0 Å². The Morgan fingerprint density at radius 1 is 1.24 bits per heavy atom. The fraction of sp³-hybridized carbons (Fsp3) is 0.545. The highest BCUT2D eigenvalue weighted by atomic mass is 16.4. The molecule has 0 fully saturated rings. The fourth-order valence-electron chi connectivity index (χ4n) is 1.40. The Morgan fingerprint density at radius 2 is 1.71 bits per heavy atom. The van der Waals surface area contributed by atoms with E-state index in [1.807, 2.05) is 0 Å². The van der Waals surface area contributed by atoms with Crippen molar-refractivity contribution < 1.29 is 39.9 Å². The lowest BCUT2D eigenvalue weighted by Gasteiger charge is -2.36. The molecule has 0 radical (unpaired) electrons. The molecule has 0 heterocycles. The van der Waals surface area contributed by atoms with Crippen LogP contribution in [0.5, 0.6) is 0 Å². The molecule has 0 bridgehead atoms. The van der Waals surface area contributed by atoms with Gasteiger partial charge in [-0.1, -0.05) is 0 Å². The number of hydrogen-bond acceptors (Lipinski definition) is 8. The van der Waals surface area contributed by atoms with Crippen LogP contribution >= 0.6 is 0 Å². The van der Waals surface area contributed by atoms with E-state index >= 15 is 0 Å². The number of hydrogen-bond donors (Lipinski definition) is 7. The Kier molecular flexibility index (Phi) is 6.45. The summed E-state index contributed by atoms with van der Waals surface area (Å²) in [5, 5.41) is 49.9. The quantitative estimate of drug-likeness (QED) is 0.113. The summed E-state index contributed by atoms with van der Waals surface area (Å²) in [6.45, 7) is 2.57. The van der Waals surface area contributed by atoms with Crippen molar-refractivity contribution in [1.29, 1.82) is 0 Å². The molecule has 0 unspecified atom stereocenters. The van der Waals surface area contributed by atoms with Crippen molar-refractivity contribution in [3.63, 3.8) is 0 Å². The van der Waals surface area contributed by atoms with Gasteiger partial charge in [0.25, 0.3) is 0 Å². The Bertz CT molecular complexity index is 459. The maximum Gasteiger partial charge on any atom is 0.311 e. The number of rotatable bonds is 6. The van der Waals surface area contributed by atoms with Gasteiger partial charge in [-0.25, -0.2) is 0 Å². The summed E-state index contributed by atoms with van der Waals surface area (Å²) >= 11 is 0. The van der Waals surface area contributed by atoms with Crippen LogP contribution < -0.4 is 11.1 Å². The summed E-state index contributed by atoms with van der Waals surface area (Å²) in [5.41, 5.74) is 1.65. The normalized spacial score (nSPS) is 17.8. The smallest absolute Gasteiger partial charge is 0.311 e. The second-order valence-corrected chi connectivity index (χ2v) is 4.50. The van der Waals surface area contributed by atoms with Crippen LogP contribution in [-0.2, 0) is 14.4 Å². The Labute approximate surface area is 119 Å². The minimum atomic E-state index is -3.03. The number of nitrogens with one attached hydrogen (secondary N) is 1. The van der Waals surface area contributed by atoms with Crippen molar-refractivity contribution in [2.45, 2.75) is 37.9 Å². The van der Waals surface area contributed by atoms with E-state index in [2.05, 4.69) is 5.73 Å². The zero-order chi connectivity index (χ0) is 17.0. The van der Waals surface area contributed by atoms with Crippen LogP contribution in [0.1, 0.15) is 13.8 Å². The van der Waals surface area contributed by atoms with Gasteiger partial charge in [0.05, 0.1) is 0 Å². The van der Waals surface area contributed by atoms with E-state index in [1.54, 1.807) is 0 Å². The molecule has 10 nitrogen and oxygen atoms in total. The zero-order valence-electron chi connectivity index (χ0n) is 11.3. The van der Waals surface area contributed by atoms with Gasteiger partial charge in [-0.05, 0) is 19.4 Å². The Hall–Kier alpha value is -2.01. The zero-order valence-corrected chi connectivity index (χ0v) is 11.3. The molecule has 0 aromatic heterocycles. The molecule has 10 heteroatoms. The maximum atomic E-state index is 11.2. The molecule has 0 aliphatic rings. The molecule has 0 aliphatic heterocycles. The van der Waals surface area contributed by atoms with Crippen molar-refractivity contribution in [3.8, 4) is 0 Å². The number of allylic oxidation sites excluding steroid dienone is 1. The maximum absolute atomic E-state index is 11.2. The third-order valence-corrected chi connectivity index (χ3v) is 2.60. The number of aliphatic hydroxyl groups is 5. The first kappa shape index (κ1) is 19.0. The van der Waals surface area contributed by atoms with E-state index in [-0.39, 0.29) is 11.9 Å². The Morgan fingerprint density at radius 3 is 2.05 bits per heavy atom. The van der Waals surface area contributed by atoms with Crippen molar-refractivity contribution in [2.24, 2.45) is 5.73 Å². The van der Waals surface area contributed by atoms with Crippen LogP contribution in [0.25, 0.3) is 0 Å². The average molecular weight is 306 g/mol. The van der Waals surface area contributed by atoms with E-state index in [0.717, 1.165) is 0 Å². The first-order chi connectivity index (χ1) is 9.48. The lowest BCUT2D eigenvalue weighted by Crippen LogP contribution is -2.65. The molecule has 0 aromatic rings. The minimum Gasteiger partial charge on any atom is -0.507 e. The molecule has 21 heavy (non-hydrogen) atoms. The number of carbonyl (C=O) groups excluding carboxylic acids is 3. The van der Waals surface area contributed by atoms with Gasteiger partial charge in [0.2, 0.25) is 5.72 Å². The van der Waals surface area contributed by atoms with Gasteiger partial charge in [0.15, 0.2) is 6.29 Å². The van der Waals surface area contributed by atoms with Crippen LogP contribution in [-0.4, -0.2) is 67.7 Å². The fourth-order valence-corrected chi connectivity index (χ4v) is 1.40. The summed E-state index contributed by atoms with van der Waals surface area (Å²) in [6, 6.07) is 0. The molecule has 0 aromatic carbocycles. The second-order valence-electron chi connectivity index (χ2n) is 4.50. The molecule has 0 aliphatic carbocycles. The largest absolute Gasteiger partial charge is 0.507 e. The number of primary amides is 1. The van der Waals surface area contributed by atoms with Crippen molar-refractivity contribution in [1.82, 2.24) is 5.32 Å². The first-order valence-electron chi connectivity index (χ1n) is 5.69. The Balaban J connectivity index is 5.72. The molecule has 8 N–H and O–H groups in total. The second kappa shape index (κ2) is 7.13. The molecular weight excluding hydrogens is 288 g/mol. The van der Waals surface area contributed by atoms with Crippen LogP contribution in [0.15, 0.2) is 11.3 Å². The van der Waals surface area contributed by atoms with E-state index < -0.39 is 41.6 Å². The molecule has 0 spiro atoms. The standard InChI is InChI=1S/C11H18N2O8/c1-4(2)7(17)11(21,13-10(20)9(12)19)8(18)6(16)5(15)3-14/h3,5-6,8,15-18,21H,1-2H3,(H2,12,19)(H,13,20)/t5-,6-,8+,11-/m1/s1. The molecule has 4 atom stereocenters. The van der Waals surface area contributed by atoms with Gasteiger partial charge in [-0.15, -0.1) is 0 Å². The highest BCUT2D eigenvalue weighted by Crippen LogP contribution is 2.23.